The summed E-state index contributed by atoms with van der Waals surface area (Å²) in [7, 11) is 0. The van der Waals surface area contributed by atoms with Gasteiger partial charge in [-0.2, -0.15) is 4.98 Å². The number of H-pyrrole nitrogens is 1. The first-order valence-electron chi connectivity index (χ1n) is 10.8. The highest BCUT2D eigenvalue weighted by Crippen LogP contribution is 2.13. The average molecular weight is 505 g/mol. The summed E-state index contributed by atoms with van der Waals surface area (Å²) in [6.45, 7) is 5.77. The van der Waals surface area contributed by atoms with E-state index in [1.54, 1.807) is 27.7 Å². The van der Waals surface area contributed by atoms with Gasteiger partial charge >= 0.3 is 11.9 Å². The van der Waals surface area contributed by atoms with Gasteiger partial charge in [0.1, 0.15) is 38.1 Å². The molecular weight excluding hydrogens is 478 g/mol. The molecule has 0 radical (unpaired) electrons. The molecule has 0 aliphatic heterocycles. The van der Waals surface area contributed by atoms with E-state index in [1.165, 1.54) is 10.9 Å². The van der Waals surface area contributed by atoms with E-state index in [0.29, 0.717) is 0 Å². The SMILES string of the molecule is CC(C)[C@H](N=[N+]=[N-])C(=O)OCC(COC(=O)[C@@H](N=[N+]=[N-])C(C)C)OCn1cnc2c(=O)[nH]c(N)nc21. The number of nitrogens with one attached hydrogen (secondary N) is 1. The quantitative estimate of drug-likeness (QED) is 0.174. The van der Waals surface area contributed by atoms with Crippen molar-refractivity contribution >= 4 is 29.1 Å². The van der Waals surface area contributed by atoms with E-state index in [4.69, 9.17) is 31.0 Å². The van der Waals surface area contributed by atoms with Gasteiger partial charge in [-0.05, 0) is 22.9 Å². The third-order valence-corrected chi connectivity index (χ3v) is 4.86. The Bertz CT molecular complexity index is 1180. The second kappa shape index (κ2) is 12.9. The highest BCUT2D eigenvalue weighted by atomic mass is 16.6. The number of carbonyl (C=O) groups excluding carboxylic acids is 2. The smallest absolute Gasteiger partial charge is 0.315 e. The van der Waals surface area contributed by atoms with Crippen molar-refractivity contribution in [2.75, 3.05) is 18.9 Å². The molecule has 0 amide bonds. The van der Waals surface area contributed by atoms with Crippen molar-refractivity contribution < 1.29 is 23.8 Å². The third-order valence-electron chi connectivity index (χ3n) is 4.86. The van der Waals surface area contributed by atoms with Crippen molar-refractivity contribution in [3.8, 4) is 0 Å². The highest BCUT2D eigenvalue weighted by Gasteiger charge is 2.27. The number of anilines is 1. The maximum atomic E-state index is 12.4. The van der Waals surface area contributed by atoms with Crippen molar-refractivity contribution in [2.45, 2.75) is 52.6 Å². The van der Waals surface area contributed by atoms with Crippen LogP contribution in [0.5, 0.6) is 0 Å². The van der Waals surface area contributed by atoms with E-state index in [9.17, 15) is 14.4 Å². The Morgan fingerprint density at radius 3 is 2.08 bits per heavy atom. The normalized spacial score (nSPS) is 13.5. The number of imidazole rings is 1. The molecule has 0 saturated heterocycles. The number of aromatic nitrogens is 4. The fourth-order valence-electron chi connectivity index (χ4n) is 2.93. The van der Waals surface area contributed by atoms with Gasteiger partial charge in [0.05, 0.1) is 6.33 Å². The number of hydrogen-bond acceptors (Lipinski definition) is 11. The molecule has 2 atom stereocenters. The summed E-state index contributed by atoms with van der Waals surface area (Å²) < 4.78 is 17.6. The topological polar surface area (TPSA) is 249 Å². The minimum atomic E-state index is -1.06. The monoisotopic (exact) mass is 505 g/mol. The molecule has 0 fully saturated rings. The predicted octanol–water partition coefficient (Wildman–Crippen LogP) is 1.80. The van der Waals surface area contributed by atoms with Gasteiger partial charge in [0, 0.05) is 9.82 Å². The van der Waals surface area contributed by atoms with Gasteiger partial charge in [-0.3, -0.25) is 23.9 Å². The number of nitrogen functional groups attached to an aromatic ring is 1. The van der Waals surface area contributed by atoms with Crippen LogP contribution in [-0.4, -0.2) is 62.9 Å². The van der Waals surface area contributed by atoms with Crippen LogP contribution < -0.4 is 11.3 Å². The minimum Gasteiger partial charge on any atom is -0.462 e. The first-order chi connectivity index (χ1) is 17.1. The molecular formula is C19H27N11O6. The molecule has 2 heterocycles. The Kier molecular flexibility index (Phi) is 10.0. The largest absolute Gasteiger partial charge is 0.462 e. The van der Waals surface area contributed by atoms with Gasteiger partial charge in [-0.1, -0.05) is 37.9 Å². The third kappa shape index (κ3) is 7.33. The number of fused-ring (bicyclic) bond motifs is 1. The lowest BCUT2D eigenvalue weighted by molar-refractivity contribution is -0.160. The molecule has 194 valence electrons. The summed E-state index contributed by atoms with van der Waals surface area (Å²) >= 11 is 0. The lowest BCUT2D eigenvalue weighted by atomic mass is 10.1. The number of rotatable bonds is 13. The Hall–Kier alpha value is -4.33. The summed E-state index contributed by atoms with van der Waals surface area (Å²) in [4.78, 5) is 52.4. The number of carbonyl (C=O) groups is 2. The van der Waals surface area contributed by atoms with Gasteiger partial charge < -0.3 is 19.9 Å². The maximum absolute atomic E-state index is 12.4. The maximum Gasteiger partial charge on any atom is 0.315 e. The van der Waals surface area contributed by atoms with E-state index in [1.807, 2.05) is 0 Å². The molecule has 0 aromatic carbocycles. The number of ether oxygens (including phenoxy) is 3. The van der Waals surface area contributed by atoms with Crippen molar-refractivity contribution in [2.24, 2.45) is 22.1 Å². The van der Waals surface area contributed by atoms with Gasteiger partial charge in [0.2, 0.25) is 5.95 Å². The average Bonchev–Trinajstić information content (AvgIpc) is 3.22. The zero-order chi connectivity index (χ0) is 26.8. The number of nitrogens with zero attached hydrogens (tertiary/aromatic N) is 9. The fraction of sp³-hybridized carbons (Fsp3) is 0.632. The first kappa shape index (κ1) is 27.9. The molecule has 17 heteroatoms. The molecule has 0 aliphatic carbocycles. The Labute approximate surface area is 204 Å². The van der Waals surface area contributed by atoms with Gasteiger partial charge in [-0.25, -0.2) is 4.98 Å². The Balaban J connectivity index is 2.17. The van der Waals surface area contributed by atoms with E-state index >= 15 is 0 Å². The van der Waals surface area contributed by atoms with Gasteiger partial charge in [0.15, 0.2) is 11.2 Å². The van der Waals surface area contributed by atoms with E-state index < -0.39 is 35.7 Å². The number of nitrogens with two attached hydrogens (primary N) is 1. The second-order valence-electron chi connectivity index (χ2n) is 8.30. The van der Waals surface area contributed by atoms with Crippen LogP contribution >= 0.6 is 0 Å². The Morgan fingerprint density at radius 2 is 1.61 bits per heavy atom. The fourth-order valence-corrected chi connectivity index (χ4v) is 2.93. The van der Waals surface area contributed by atoms with Crippen molar-refractivity contribution in [1.29, 1.82) is 0 Å². The zero-order valence-corrected chi connectivity index (χ0v) is 20.1. The molecule has 2 rings (SSSR count). The molecule has 2 aromatic rings. The number of aromatic amines is 1. The molecule has 17 nitrogen and oxygen atoms in total. The molecule has 0 saturated carbocycles. The first-order valence-corrected chi connectivity index (χ1v) is 10.8. The molecule has 36 heavy (non-hydrogen) atoms. The van der Waals surface area contributed by atoms with Crippen LogP contribution in [-0.2, 0) is 30.5 Å². The zero-order valence-electron chi connectivity index (χ0n) is 20.1. The second-order valence-corrected chi connectivity index (χ2v) is 8.30. The van der Waals surface area contributed by atoms with E-state index in [2.05, 4.69) is 35.0 Å². The van der Waals surface area contributed by atoms with Crippen LogP contribution in [0, 0.1) is 11.8 Å². The van der Waals surface area contributed by atoms with Crippen molar-refractivity contribution in [3.63, 3.8) is 0 Å². The van der Waals surface area contributed by atoms with E-state index in [0.717, 1.165) is 0 Å². The molecule has 0 aliphatic rings. The van der Waals surface area contributed by atoms with Crippen LogP contribution in [0.25, 0.3) is 32.0 Å². The van der Waals surface area contributed by atoms with Gasteiger partial charge in [-0.15, -0.1) is 0 Å². The number of esters is 2. The summed E-state index contributed by atoms with van der Waals surface area (Å²) in [6.07, 6.45) is 0.307. The summed E-state index contributed by atoms with van der Waals surface area (Å²) in [5.74, 6) is -2.34. The van der Waals surface area contributed by atoms with Crippen molar-refractivity contribution in [1.82, 2.24) is 19.5 Å². The van der Waals surface area contributed by atoms with Crippen LogP contribution in [0.1, 0.15) is 27.7 Å². The Morgan fingerprint density at radius 1 is 1.08 bits per heavy atom. The molecule has 3 N–H and O–H groups in total. The molecule has 0 spiro atoms. The minimum absolute atomic E-state index is 0.0329. The lowest BCUT2D eigenvalue weighted by Crippen LogP contribution is -2.35. The molecule has 0 unspecified atom stereocenters. The summed E-state index contributed by atoms with van der Waals surface area (Å²) in [6, 6.07) is -2.13. The lowest BCUT2D eigenvalue weighted by Gasteiger charge is -2.21. The van der Waals surface area contributed by atoms with Crippen LogP contribution in [0.4, 0.5) is 5.95 Å². The number of azide groups is 2. The summed E-state index contributed by atoms with van der Waals surface area (Å²) in [5.41, 5.74) is 22.6. The standard InChI is InChI=1S/C19H27N11O6/c1-9(2)12(26-28-21)17(32)34-5-11(6-35-18(33)13(10(3)4)27-29-22)36-8-30-7-23-14-15(30)24-19(20)25-16(14)31/h7,9-13H,5-6,8H2,1-4H3,(H3,20,24,25,31)/t12-,13-/m0/s1. The van der Waals surface area contributed by atoms with Crippen LogP contribution in [0.2, 0.25) is 0 Å². The van der Waals surface area contributed by atoms with E-state index in [-0.39, 0.29) is 48.9 Å². The molecule has 2 aromatic heterocycles. The van der Waals surface area contributed by atoms with Crippen LogP contribution in [0.15, 0.2) is 21.4 Å². The highest BCUT2D eigenvalue weighted by molar-refractivity contribution is 5.77. The number of hydrogen-bond donors (Lipinski definition) is 2. The van der Waals surface area contributed by atoms with Crippen LogP contribution in [0.3, 0.4) is 0 Å². The van der Waals surface area contributed by atoms with Crippen molar-refractivity contribution in [3.05, 3.63) is 37.6 Å². The van der Waals surface area contributed by atoms with Gasteiger partial charge in [0.25, 0.3) is 5.56 Å². The molecule has 0 bridgehead atoms. The summed E-state index contributed by atoms with van der Waals surface area (Å²) in [5, 5.41) is 6.89. The predicted molar refractivity (Wildman–Crippen MR) is 125 cm³/mol.